The first kappa shape index (κ1) is 18.4. The molecule has 0 N–H and O–H groups in total. The maximum Gasteiger partial charge on any atom is 0.342 e. The average molecular weight is 400 g/mol. The summed E-state index contributed by atoms with van der Waals surface area (Å²) in [7, 11) is 2.15. The molecule has 140 valence electrons. The van der Waals surface area contributed by atoms with Gasteiger partial charge in [0, 0.05) is 49.1 Å². The Bertz CT molecular complexity index is 907. The van der Waals surface area contributed by atoms with E-state index in [9.17, 15) is 4.55 Å². The van der Waals surface area contributed by atoms with Crippen LogP contribution in [0.1, 0.15) is 0 Å². The molecule has 1 unspecified atom stereocenters. The van der Waals surface area contributed by atoms with Gasteiger partial charge in [0.05, 0.1) is 16.3 Å². The van der Waals surface area contributed by atoms with E-state index in [4.69, 9.17) is 4.98 Å². The van der Waals surface area contributed by atoms with Crippen LogP contribution in [0.4, 0.5) is 5.13 Å². The summed E-state index contributed by atoms with van der Waals surface area (Å²) in [6, 6.07) is 12.0. The van der Waals surface area contributed by atoms with E-state index in [-0.39, 0.29) is 0 Å². The Labute approximate surface area is 166 Å². The number of benzene rings is 1. The molecule has 0 saturated carbocycles. The molecule has 0 amide bonds. The fourth-order valence-electron chi connectivity index (χ4n) is 3.01. The maximum absolute atomic E-state index is 11.8. The maximum atomic E-state index is 11.8. The number of piperazine rings is 1. The molecule has 2 aromatic heterocycles. The second-order valence-electron chi connectivity index (χ2n) is 6.51. The van der Waals surface area contributed by atoms with Crippen LogP contribution in [-0.2, 0) is 11.2 Å². The SMILES string of the molecule is CN1CCN(c2nc(-c3ccccc3)c(-c3ccnc([S+](C)[O-])n3)s2)CC1. The number of anilines is 1. The van der Waals surface area contributed by atoms with Crippen molar-refractivity contribution in [2.24, 2.45) is 0 Å². The van der Waals surface area contributed by atoms with Crippen LogP contribution in [0.25, 0.3) is 21.8 Å². The van der Waals surface area contributed by atoms with E-state index in [1.807, 2.05) is 24.3 Å². The molecule has 4 rings (SSSR count). The molecule has 0 radical (unpaired) electrons. The Morgan fingerprint density at radius 3 is 2.48 bits per heavy atom. The molecule has 1 aliphatic rings. The third kappa shape index (κ3) is 3.98. The molecular weight excluding hydrogens is 378 g/mol. The Morgan fingerprint density at radius 2 is 1.78 bits per heavy atom. The molecule has 1 fully saturated rings. The highest BCUT2D eigenvalue weighted by Crippen LogP contribution is 2.39. The number of likely N-dealkylation sites (N-methyl/N-ethyl adjacent to an activating group) is 1. The lowest BCUT2D eigenvalue weighted by Crippen LogP contribution is -2.44. The average Bonchev–Trinajstić information content (AvgIpc) is 3.15. The van der Waals surface area contributed by atoms with Crippen LogP contribution < -0.4 is 4.90 Å². The van der Waals surface area contributed by atoms with E-state index < -0.39 is 11.2 Å². The van der Waals surface area contributed by atoms with E-state index in [2.05, 4.69) is 38.9 Å². The first-order valence-corrected chi connectivity index (χ1v) is 11.2. The molecule has 1 aromatic carbocycles. The standard InChI is InChI=1S/C19H21N5OS2/c1-23-10-12-24(13-11-23)19-22-16(14-6-4-3-5-7-14)17(26-19)15-8-9-20-18(21-15)27(2)25/h3-9H,10-13H2,1-2H3. The monoisotopic (exact) mass is 399 g/mol. The molecule has 27 heavy (non-hydrogen) atoms. The summed E-state index contributed by atoms with van der Waals surface area (Å²) in [5.41, 5.74) is 2.75. The van der Waals surface area contributed by atoms with Crippen molar-refractivity contribution in [3.05, 3.63) is 42.6 Å². The molecule has 3 heterocycles. The predicted octanol–water partition coefficient (Wildman–Crippen LogP) is 2.76. The van der Waals surface area contributed by atoms with Crippen LogP contribution in [0.3, 0.4) is 0 Å². The van der Waals surface area contributed by atoms with Crippen molar-refractivity contribution in [1.29, 1.82) is 0 Å². The largest absolute Gasteiger partial charge is 0.609 e. The van der Waals surface area contributed by atoms with E-state index >= 15 is 0 Å². The lowest BCUT2D eigenvalue weighted by Gasteiger charge is -2.32. The zero-order valence-electron chi connectivity index (χ0n) is 15.3. The van der Waals surface area contributed by atoms with Gasteiger partial charge in [-0.3, -0.25) is 0 Å². The van der Waals surface area contributed by atoms with Crippen molar-refractivity contribution in [2.45, 2.75) is 5.16 Å². The van der Waals surface area contributed by atoms with Crippen molar-refractivity contribution in [3.63, 3.8) is 0 Å². The van der Waals surface area contributed by atoms with Gasteiger partial charge in [0.2, 0.25) is 0 Å². The van der Waals surface area contributed by atoms with Gasteiger partial charge in [0.15, 0.2) is 5.13 Å². The lowest BCUT2D eigenvalue weighted by atomic mass is 10.1. The topological polar surface area (TPSA) is 68.2 Å². The lowest BCUT2D eigenvalue weighted by molar-refractivity contribution is 0.313. The number of thiazole rings is 1. The van der Waals surface area contributed by atoms with Crippen molar-refractivity contribution in [1.82, 2.24) is 19.9 Å². The number of rotatable bonds is 4. The summed E-state index contributed by atoms with van der Waals surface area (Å²) in [6.07, 6.45) is 3.27. The summed E-state index contributed by atoms with van der Waals surface area (Å²) in [5.74, 6) is 0. The third-order valence-electron chi connectivity index (χ3n) is 4.56. The highest BCUT2D eigenvalue weighted by Gasteiger charge is 2.23. The van der Waals surface area contributed by atoms with Gasteiger partial charge in [-0.25, -0.2) is 4.98 Å². The number of hydrogen-bond donors (Lipinski definition) is 0. The number of nitrogens with zero attached hydrogens (tertiary/aromatic N) is 5. The second-order valence-corrected chi connectivity index (χ2v) is 8.76. The zero-order chi connectivity index (χ0) is 18.8. The summed E-state index contributed by atoms with van der Waals surface area (Å²) in [6.45, 7) is 3.99. The van der Waals surface area contributed by atoms with E-state index in [0.29, 0.717) is 5.16 Å². The Hall–Kier alpha value is -2.00. The number of aromatic nitrogens is 3. The van der Waals surface area contributed by atoms with Crippen LogP contribution in [0.5, 0.6) is 0 Å². The summed E-state index contributed by atoms with van der Waals surface area (Å²) in [4.78, 5) is 19.3. The van der Waals surface area contributed by atoms with Gasteiger partial charge in [0.1, 0.15) is 6.26 Å². The van der Waals surface area contributed by atoms with Crippen molar-refractivity contribution < 1.29 is 4.55 Å². The summed E-state index contributed by atoms with van der Waals surface area (Å²) >= 11 is 0.423. The second kappa shape index (κ2) is 7.93. The van der Waals surface area contributed by atoms with Gasteiger partial charge in [0.25, 0.3) is 0 Å². The van der Waals surface area contributed by atoms with Crippen LogP contribution >= 0.6 is 11.3 Å². The van der Waals surface area contributed by atoms with Crippen LogP contribution in [-0.4, -0.2) is 63.9 Å². The minimum atomic E-state index is -1.22. The molecule has 0 spiro atoms. The fourth-order valence-corrected chi connectivity index (χ4v) is 4.56. The molecule has 6 nitrogen and oxygen atoms in total. The first-order valence-electron chi connectivity index (χ1n) is 8.78. The van der Waals surface area contributed by atoms with Crippen LogP contribution in [0, 0.1) is 0 Å². The zero-order valence-corrected chi connectivity index (χ0v) is 17.0. The molecule has 0 bridgehead atoms. The predicted molar refractivity (Wildman–Crippen MR) is 111 cm³/mol. The van der Waals surface area contributed by atoms with Crippen molar-refractivity contribution in [3.8, 4) is 21.8 Å². The third-order valence-corrected chi connectivity index (χ3v) is 6.41. The molecule has 1 saturated heterocycles. The fraction of sp³-hybridized carbons (Fsp3) is 0.316. The molecule has 8 heteroatoms. The summed E-state index contributed by atoms with van der Waals surface area (Å²) < 4.78 is 11.8. The highest BCUT2D eigenvalue weighted by molar-refractivity contribution is 7.90. The Balaban J connectivity index is 1.78. The highest BCUT2D eigenvalue weighted by atomic mass is 32.2. The quantitative estimate of drug-likeness (QED) is 0.496. The van der Waals surface area contributed by atoms with Crippen molar-refractivity contribution in [2.75, 3.05) is 44.4 Å². The molecular formula is C19H21N5OS2. The summed E-state index contributed by atoms with van der Waals surface area (Å²) in [5, 5.41) is 1.36. The van der Waals surface area contributed by atoms with Gasteiger partial charge in [-0.1, -0.05) is 41.7 Å². The van der Waals surface area contributed by atoms with Crippen LogP contribution in [0.2, 0.25) is 0 Å². The van der Waals surface area contributed by atoms with E-state index in [1.165, 1.54) is 0 Å². The smallest absolute Gasteiger partial charge is 0.342 e. The first-order chi connectivity index (χ1) is 13.1. The molecule has 0 aliphatic carbocycles. The van der Waals surface area contributed by atoms with Gasteiger partial charge in [-0.05, 0) is 13.1 Å². The Morgan fingerprint density at radius 1 is 1.04 bits per heavy atom. The van der Waals surface area contributed by atoms with Gasteiger partial charge < -0.3 is 14.4 Å². The van der Waals surface area contributed by atoms with Gasteiger partial charge >= 0.3 is 5.16 Å². The normalized spacial score (nSPS) is 16.5. The minimum absolute atomic E-state index is 0.348. The molecule has 3 aromatic rings. The Kier molecular flexibility index (Phi) is 5.40. The molecule has 1 atom stereocenters. The minimum Gasteiger partial charge on any atom is -0.609 e. The van der Waals surface area contributed by atoms with Crippen LogP contribution in [0.15, 0.2) is 47.8 Å². The van der Waals surface area contributed by atoms with Gasteiger partial charge in [-0.2, -0.15) is 9.97 Å². The van der Waals surface area contributed by atoms with Crippen molar-refractivity contribution >= 4 is 27.6 Å². The van der Waals surface area contributed by atoms with E-state index in [0.717, 1.165) is 53.1 Å². The molecule has 1 aliphatic heterocycles. The van der Waals surface area contributed by atoms with Gasteiger partial charge in [-0.15, -0.1) is 0 Å². The van der Waals surface area contributed by atoms with E-state index in [1.54, 1.807) is 23.8 Å². The number of hydrogen-bond acceptors (Lipinski definition) is 7.